The van der Waals surface area contributed by atoms with Gasteiger partial charge in [0.05, 0.1) is 31.5 Å². The Morgan fingerprint density at radius 3 is 2.07 bits per heavy atom. The molecular weight excluding hydrogens is 716 g/mol. The molecule has 14 heteroatoms. The van der Waals surface area contributed by atoms with Crippen molar-refractivity contribution >= 4 is 0 Å². The molecule has 20 atom stereocenters. The molecule has 0 aromatic rings. The van der Waals surface area contributed by atoms with Gasteiger partial charge in [-0.25, -0.2) is 0 Å². The van der Waals surface area contributed by atoms with Gasteiger partial charge in [-0.3, -0.25) is 0 Å². The average Bonchev–Trinajstić information content (AvgIpc) is 3.72. The minimum atomic E-state index is -1.52. The van der Waals surface area contributed by atoms with Crippen LogP contribution < -0.4 is 0 Å². The minimum Gasteiger partial charge on any atom is -0.394 e. The fraction of sp³-hybridized carbons (Fsp3) is 0.902. The number of allylic oxidation sites excluding steroid dienone is 1. The van der Waals surface area contributed by atoms with Gasteiger partial charge in [0.2, 0.25) is 0 Å². The fourth-order valence-corrected chi connectivity index (χ4v) is 11.6. The van der Waals surface area contributed by atoms with E-state index in [-0.39, 0.29) is 35.7 Å². The Kier molecular flexibility index (Phi) is 13.4. The van der Waals surface area contributed by atoms with Crippen LogP contribution in [0.25, 0.3) is 0 Å². The third kappa shape index (κ3) is 7.77. The van der Waals surface area contributed by atoms with E-state index in [1.165, 1.54) is 7.11 Å². The van der Waals surface area contributed by atoms with Crippen molar-refractivity contribution in [1.82, 2.24) is 0 Å². The summed E-state index contributed by atoms with van der Waals surface area (Å²) in [6.45, 7) is 14.4. The Hall–Kier alpha value is -1.08. The van der Waals surface area contributed by atoms with Crippen LogP contribution in [0.3, 0.4) is 0 Å². The number of hydrogen-bond acceptors (Lipinski definition) is 14. The smallest absolute Gasteiger partial charge is 0.187 e. The van der Waals surface area contributed by atoms with Gasteiger partial charge in [0.15, 0.2) is 12.6 Å². The van der Waals surface area contributed by atoms with Gasteiger partial charge < -0.3 is 69.6 Å². The average molecular weight is 785 g/mol. The number of methoxy groups -OCH3 is 1. The van der Waals surface area contributed by atoms with Crippen molar-refractivity contribution in [3.8, 4) is 0 Å². The molecule has 5 fully saturated rings. The second-order valence-electron chi connectivity index (χ2n) is 18.4. The molecule has 55 heavy (non-hydrogen) atoms. The van der Waals surface area contributed by atoms with Crippen LogP contribution in [-0.4, -0.2) is 152 Å². The summed E-state index contributed by atoms with van der Waals surface area (Å²) in [7, 11) is 1.41. The molecule has 6 rings (SSSR count). The molecule has 4 aliphatic carbocycles. The van der Waals surface area contributed by atoms with Gasteiger partial charge in [0, 0.05) is 7.11 Å². The van der Waals surface area contributed by atoms with Crippen molar-refractivity contribution in [2.24, 2.45) is 40.4 Å². The lowest BCUT2D eigenvalue weighted by Crippen LogP contribution is -2.60. The normalized spacial score (nSPS) is 47.4. The molecule has 0 spiro atoms. The lowest BCUT2D eigenvalue weighted by Gasteiger charge is -2.60. The lowest BCUT2D eigenvalue weighted by atomic mass is 9.47. The molecule has 9 N–H and O–H groups in total. The number of aliphatic hydroxyl groups excluding tert-OH is 9. The number of rotatable bonds is 14. The van der Waals surface area contributed by atoms with E-state index < -0.39 is 97.8 Å². The van der Waals surface area contributed by atoms with E-state index in [0.717, 1.165) is 42.4 Å². The van der Waals surface area contributed by atoms with Crippen LogP contribution in [0.4, 0.5) is 0 Å². The van der Waals surface area contributed by atoms with Crippen molar-refractivity contribution < 1.29 is 69.6 Å². The number of aliphatic hydroxyl groups is 9. The third-order valence-corrected chi connectivity index (χ3v) is 14.9. The summed E-state index contributed by atoms with van der Waals surface area (Å²) in [5.41, 5.74) is 2.23. The topological polar surface area (TPSA) is 228 Å². The molecule has 0 bridgehead atoms. The first-order valence-electron chi connectivity index (χ1n) is 20.5. The number of hydrogen-bond donors (Lipinski definition) is 9. The highest BCUT2D eigenvalue weighted by molar-refractivity contribution is 5.40. The van der Waals surface area contributed by atoms with E-state index in [9.17, 15) is 46.0 Å². The zero-order valence-corrected chi connectivity index (χ0v) is 33.3. The molecule has 0 amide bonds. The molecule has 316 valence electrons. The predicted molar refractivity (Wildman–Crippen MR) is 198 cm³/mol. The Balaban J connectivity index is 1.41. The van der Waals surface area contributed by atoms with Crippen molar-refractivity contribution in [1.29, 1.82) is 0 Å². The van der Waals surface area contributed by atoms with Crippen LogP contribution in [0, 0.1) is 40.4 Å². The summed E-state index contributed by atoms with van der Waals surface area (Å²) in [6, 6.07) is 0. The van der Waals surface area contributed by atoms with E-state index in [4.69, 9.17) is 23.7 Å². The Labute approximate surface area is 325 Å². The quantitative estimate of drug-likeness (QED) is 0.112. The summed E-state index contributed by atoms with van der Waals surface area (Å²) < 4.78 is 30.3. The largest absolute Gasteiger partial charge is 0.394 e. The maximum atomic E-state index is 12.4. The first-order chi connectivity index (χ1) is 25.9. The first-order valence-corrected chi connectivity index (χ1v) is 20.5. The number of fused-ring (bicyclic) bond motifs is 4. The summed E-state index contributed by atoms with van der Waals surface area (Å²) >= 11 is 0. The Morgan fingerprint density at radius 2 is 1.47 bits per heavy atom. The highest BCUT2D eigenvalue weighted by Gasteiger charge is 2.64. The standard InChI is InChI=1S/C41H68O14/c1-18(2)19(3)8-9-20(4)29-27(52-38-33(49)31(47)35(53-38)25(44)16-42)15-23-28-22(11-13-41(23,29)6)40(5)12-10-21(43)14-24(40)30(46)37(28)55-39-34(50)32(48)36(54-39)26(45)17-51-7/h18,20-22,24-27,29-39,42-50H,3,8-17H2,1-2,4-7H3. The molecule has 3 saturated carbocycles. The molecule has 0 aromatic carbocycles. The van der Waals surface area contributed by atoms with Gasteiger partial charge in [-0.15, -0.1) is 0 Å². The Morgan fingerprint density at radius 1 is 0.855 bits per heavy atom. The molecule has 2 heterocycles. The maximum Gasteiger partial charge on any atom is 0.187 e. The molecule has 20 unspecified atom stereocenters. The highest BCUT2D eigenvalue weighted by Crippen LogP contribution is 2.67. The van der Waals surface area contributed by atoms with Crippen LogP contribution in [0.5, 0.6) is 0 Å². The second kappa shape index (κ2) is 16.9. The maximum absolute atomic E-state index is 12.4. The summed E-state index contributed by atoms with van der Waals surface area (Å²) in [5.74, 6) is -0.111. The molecule has 2 saturated heterocycles. The second-order valence-corrected chi connectivity index (χ2v) is 18.4. The monoisotopic (exact) mass is 784 g/mol. The third-order valence-electron chi connectivity index (χ3n) is 14.9. The van der Waals surface area contributed by atoms with E-state index in [1.807, 2.05) is 0 Å². The highest BCUT2D eigenvalue weighted by atomic mass is 16.7. The van der Waals surface area contributed by atoms with Crippen LogP contribution in [0.2, 0.25) is 0 Å². The summed E-state index contributed by atoms with van der Waals surface area (Å²) in [4.78, 5) is 0. The van der Waals surface area contributed by atoms with Crippen LogP contribution in [0.1, 0.15) is 86.0 Å². The van der Waals surface area contributed by atoms with Crippen molar-refractivity contribution in [3.05, 3.63) is 23.3 Å². The molecule has 2 aliphatic heterocycles. The van der Waals surface area contributed by atoms with Gasteiger partial charge in [-0.2, -0.15) is 0 Å². The van der Waals surface area contributed by atoms with Gasteiger partial charge in [0.25, 0.3) is 0 Å². The zero-order valence-electron chi connectivity index (χ0n) is 33.3. The summed E-state index contributed by atoms with van der Waals surface area (Å²) in [5, 5.41) is 97.8. The van der Waals surface area contributed by atoms with Gasteiger partial charge in [0.1, 0.15) is 54.9 Å². The van der Waals surface area contributed by atoms with Crippen LogP contribution in [0.15, 0.2) is 23.3 Å². The van der Waals surface area contributed by atoms with E-state index in [1.54, 1.807) is 0 Å². The van der Waals surface area contributed by atoms with Crippen molar-refractivity contribution in [2.75, 3.05) is 20.3 Å². The first kappa shape index (κ1) is 43.5. The van der Waals surface area contributed by atoms with Gasteiger partial charge in [-0.05, 0) is 97.4 Å². The molecule has 14 nitrogen and oxygen atoms in total. The van der Waals surface area contributed by atoms with Crippen LogP contribution >= 0.6 is 0 Å². The van der Waals surface area contributed by atoms with Crippen LogP contribution in [-0.2, 0) is 23.7 Å². The molecule has 0 aromatic heterocycles. The molecule has 6 aliphatic rings. The minimum absolute atomic E-state index is 0.0607. The van der Waals surface area contributed by atoms with E-state index in [0.29, 0.717) is 31.6 Å². The van der Waals surface area contributed by atoms with Crippen molar-refractivity contribution in [2.45, 2.75) is 172 Å². The van der Waals surface area contributed by atoms with Crippen molar-refractivity contribution in [3.63, 3.8) is 0 Å². The lowest BCUT2D eigenvalue weighted by molar-refractivity contribution is -0.236. The fourth-order valence-electron chi connectivity index (χ4n) is 11.6. The van der Waals surface area contributed by atoms with Gasteiger partial charge in [-0.1, -0.05) is 52.3 Å². The van der Waals surface area contributed by atoms with E-state index in [2.05, 4.69) is 41.2 Å². The molecule has 0 radical (unpaired) electrons. The summed E-state index contributed by atoms with van der Waals surface area (Å²) in [6.07, 6.45) is -11.7. The Bertz CT molecular complexity index is 1380. The predicted octanol–water partition coefficient (Wildman–Crippen LogP) is 0.914. The van der Waals surface area contributed by atoms with Gasteiger partial charge >= 0.3 is 0 Å². The SMILES string of the molecule is C=C(CCC(C)C1C(OC2OC(C(O)CO)C(O)C2O)CC2=C3C(OC4OC(C(O)COC)C(O)C4O)C(O)C4CC(O)CCC4(C)C3CCC21C)C(C)C. The van der Waals surface area contributed by atoms with E-state index >= 15 is 0 Å². The zero-order chi connectivity index (χ0) is 40.3. The number of ether oxygens (including phenoxy) is 5. The molecular formula is C41H68O14.